The fourth-order valence-corrected chi connectivity index (χ4v) is 3.28. The van der Waals surface area contributed by atoms with E-state index in [0.717, 1.165) is 19.0 Å². The molecule has 1 aliphatic carbocycles. The Morgan fingerprint density at radius 3 is 2.80 bits per heavy atom. The van der Waals surface area contributed by atoms with Crippen LogP contribution in [0.25, 0.3) is 0 Å². The number of thiol groups is 1. The minimum atomic E-state index is 0.375. The lowest BCUT2D eigenvalue weighted by Crippen LogP contribution is -2.25. The molecule has 0 unspecified atom stereocenters. The molecule has 1 heterocycles. The van der Waals surface area contributed by atoms with Gasteiger partial charge < -0.3 is 4.74 Å². The van der Waals surface area contributed by atoms with Crippen molar-refractivity contribution in [2.75, 3.05) is 12.4 Å². The molecule has 1 fully saturated rings. The normalized spacial score (nSPS) is 19.5. The predicted octanol–water partition coefficient (Wildman–Crippen LogP) is 3.75. The summed E-state index contributed by atoms with van der Waals surface area (Å²) in [5.74, 6) is 0.970. The highest BCUT2D eigenvalue weighted by Gasteiger charge is 2.32. The topological polar surface area (TPSA) is 9.23 Å². The fraction of sp³-hybridized carbons (Fsp3) is 0.667. The average Bonchev–Trinajstić information content (AvgIpc) is 2.89. The highest BCUT2D eigenvalue weighted by molar-refractivity contribution is 7.80. The van der Waals surface area contributed by atoms with Crippen LogP contribution in [0.15, 0.2) is 17.5 Å². The third kappa shape index (κ3) is 2.99. The number of hydrogen-bond acceptors (Lipinski definition) is 3. The molecule has 1 aromatic heterocycles. The predicted molar refractivity (Wildman–Crippen MR) is 68.7 cm³/mol. The maximum atomic E-state index is 5.82. The van der Waals surface area contributed by atoms with E-state index >= 15 is 0 Å². The Labute approximate surface area is 101 Å². The molecule has 1 aliphatic rings. The van der Waals surface area contributed by atoms with Crippen molar-refractivity contribution in [2.24, 2.45) is 5.41 Å². The van der Waals surface area contributed by atoms with E-state index in [-0.39, 0.29) is 0 Å². The second kappa shape index (κ2) is 5.37. The van der Waals surface area contributed by atoms with E-state index in [0.29, 0.717) is 5.41 Å². The van der Waals surface area contributed by atoms with Crippen molar-refractivity contribution in [3.8, 4) is 0 Å². The van der Waals surface area contributed by atoms with Gasteiger partial charge in [0.25, 0.3) is 0 Å². The first-order valence-corrected chi connectivity index (χ1v) is 7.07. The van der Waals surface area contributed by atoms with Crippen molar-refractivity contribution in [1.82, 2.24) is 0 Å². The fourth-order valence-electron chi connectivity index (χ4n) is 2.24. The van der Waals surface area contributed by atoms with Crippen LogP contribution in [0.3, 0.4) is 0 Å². The monoisotopic (exact) mass is 242 g/mol. The van der Waals surface area contributed by atoms with Gasteiger partial charge >= 0.3 is 0 Å². The van der Waals surface area contributed by atoms with E-state index in [2.05, 4.69) is 30.1 Å². The van der Waals surface area contributed by atoms with E-state index < -0.39 is 0 Å². The number of thiophene rings is 1. The summed E-state index contributed by atoms with van der Waals surface area (Å²) < 4.78 is 5.82. The summed E-state index contributed by atoms with van der Waals surface area (Å²) >= 11 is 6.24. The Bertz CT molecular complexity index is 276. The van der Waals surface area contributed by atoms with Crippen LogP contribution in [0.2, 0.25) is 0 Å². The van der Waals surface area contributed by atoms with Crippen molar-refractivity contribution in [3.05, 3.63) is 22.4 Å². The molecule has 0 N–H and O–H groups in total. The van der Waals surface area contributed by atoms with Gasteiger partial charge in [-0.1, -0.05) is 18.9 Å². The molecule has 1 aromatic rings. The molecule has 3 heteroatoms. The smallest absolute Gasteiger partial charge is 0.0809 e. The van der Waals surface area contributed by atoms with Crippen LogP contribution >= 0.6 is 24.0 Å². The molecule has 0 bridgehead atoms. The van der Waals surface area contributed by atoms with Crippen LogP contribution in [0.4, 0.5) is 0 Å². The highest BCUT2D eigenvalue weighted by atomic mass is 32.1. The van der Waals surface area contributed by atoms with Crippen molar-refractivity contribution >= 4 is 24.0 Å². The summed E-state index contributed by atoms with van der Waals surface area (Å²) in [5.41, 5.74) is 0.375. The van der Waals surface area contributed by atoms with E-state index in [1.54, 1.807) is 11.3 Å². The molecule has 0 amide bonds. The quantitative estimate of drug-likeness (QED) is 0.774. The van der Waals surface area contributed by atoms with Gasteiger partial charge in [0.05, 0.1) is 13.2 Å². The minimum absolute atomic E-state index is 0.375. The summed E-state index contributed by atoms with van der Waals surface area (Å²) in [7, 11) is 0. The van der Waals surface area contributed by atoms with Gasteiger partial charge in [-0.05, 0) is 30.0 Å². The third-order valence-electron chi connectivity index (χ3n) is 3.23. The molecular formula is C12H18OS2. The molecular weight excluding hydrogens is 224 g/mol. The van der Waals surface area contributed by atoms with Crippen LogP contribution < -0.4 is 0 Å². The van der Waals surface area contributed by atoms with Gasteiger partial charge in [0.15, 0.2) is 0 Å². The first kappa shape index (κ1) is 11.5. The van der Waals surface area contributed by atoms with Crippen LogP contribution in [0, 0.1) is 5.41 Å². The van der Waals surface area contributed by atoms with Crippen molar-refractivity contribution in [3.63, 3.8) is 0 Å². The zero-order valence-electron chi connectivity index (χ0n) is 8.95. The zero-order valence-corrected chi connectivity index (χ0v) is 10.7. The Kier molecular flexibility index (Phi) is 4.12. The Balaban J connectivity index is 1.77. The lowest BCUT2D eigenvalue weighted by Gasteiger charge is -2.26. The van der Waals surface area contributed by atoms with E-state index in [1.807, 2.05) is 0 Å². The van der Waals surface area contributed by atoms with Gasteiger partial charge in [-0.3, -0.25) is 0 Å². The molecule has 1 saturated carbocycles. The number of rotatable bonds is 5. The average molecular weight is 242 g/mol. The van der Waals surface area contributed by atoms with Crippen LogP contribution in [-0.4, -0.2) is 12.4 Å². The van der Waals surface area contributed by atoms with Gasteiger partial charge in [0.2, 0.25) is 0 Å². The summed E-state index contributed by atoms with van der Waals surface area (Å²) in [6.07, 6.45) is 5.29. The SMILES string of the molecule is SCC1(COCc2cccs2)CCCC1. The van der Waals surface area contributed by atoms with Gasteiger partial charge in [-0.15, -0.1) is 11.3 Å². The van der Waals surface area contributed by atoms with E-state index in [9.17, 15) is 0 Å². The number of hydrogen-bond donors (Lipinski definition) is 1. The molecule has 0 aliphatic heterocycles. The second-order valence-electron chi connectivity index (χ2n) is 4.44. The Morgan fingerprint density at radius 2 is 2.20 bits per heavy atom. The summed E-state index contributed by atoms with van der Waals surface area (Å²) in [6, 6.07) is 4.21. The molecule has 1 nitrogen and oxygen atoms in total. The van der Waals surface area contributed by atoms with Crippen molar-refractivity contribution in [2.45, 2.75) is 32.3 Å². The van der Waals surface area contributed by atoms with Gasteiger partial charge in [0, 0.05) is 10.3 Å². The largest absolute Gasteiger partial charge is 0.375 e. The van der Waals surface area contributed by atoms with Crippen LogP contribution in [-0.2, 0) is 11.3 Å². The lowest BCUT2D eigenvalue weighted by molar-refractivity contribution is 0.0496. The minimum Gasteiger partial charge on any atom is -0.375 e. The van der Waals surface area contributed by atoms with Crippen LogP contribution in [0.5, 0.6) is 0 Å². The third-order valence-corrected chi connectivity index (χ3v) is 4.75. The van der Waals surface area contributed by atoms with Crippen LogP contribution in [0.1, 0.15) is 30.6 Å². The highest BCUT2D eigenvalue weighted by Crippen LogP contribution is 2.39. The summed E-state index contributed by atoms with van der Waals surface area (Å²) in [5, 5.41) is 2.10. The molecule has 0 saturated heterocycles. The number of ether oxygens (including phenoxy) is 1. The van der Waals surface area contributed by atoms with Gasteiger partial charge in [-0.2, -0.15) is 12.6 Å². The zero-order chi connectivity index (χ0) is 10.6. The molecule has 84 valence electrons. The van der Waals surface area contributed by atoms with E-state index in [1.165, 1.54) is 30.6 Å². The van der Waals surface area contributed by atoms with Gasteiger partial charge in [-0.25, -0.2) is 0 Å². The standard InChI is InChI=1S/C12H18OS2/c14-10-12(5-1-2-6-12)9-13-8-11-4-3-7-15-11/h3-4,7,14H,1-2,5-6,8-10H2. The second-order valence-corrected chi connectivity index (χ2v) is 5.79. The first-order valence-electron chi connectivity index (χ1n) is 5.56. The molecule has 0 spiro atoms. The van der Waals surface area contributed by atoms with E-state index in [4.69, 9.17) is 4.74 Å². The Hall–Kier alpha value is 0.01000. The molecule has 0 radical (unpaired) electrons. The van der Waals surface area contributed by atoms with Crippen molar-refractivity contribution in [1.29, 1.82) is 0 Å². The molecule has 2 rings (SSSR count). The first-order chi connectivity index (χ1) is 7.35. The van der Waals surface area contributed by atoms with Crippen molar-refractivity contribution < 1.29 is 4.74 Å². The Morgan fingerprint density at radius 1 is 1.40 bits per heavy atom. The summed E-state index contributed by atoms with van der Waals surface area (Å²) in [4.78, 5) is 1.32. The molecule has 15 heavy (non-hydrogen) atoms. The maximum absolute atomic E-state index is 5.82. The van der Waals surface area contributed by atoms with Gasteiger partial charge in [0.1, 0.15) is 0 Å². The summed E-state index contributed by atoms with van der Waals surface area (Å²) in [6.45, 7) is 1.65. The lowest BCUT2D eigenvalue weighted by atomic mass is 9.90. The maximum Gasteiger partial charge on any atom is 0.0809 e. The molecule has 0 aromatic carbocycles. The molecule has 0 atom stereocenters.